The maximum Gasteiger partial charge on any atom is 0.191 e. The van der Waals surface area contributed by atoms with Crippen molar-refractivity contribution in [2.24, 2.45) is 0 Å². The summed E-state index contributed by atoms with van der Waals surface area (Å²) in [7, 11) is 3.18. The van der Waals surface area contributed by atoms with Gasteiger partial charge in [0.2, 0.25) is 0 Å². The molecule has 0 saturated heterocycles. The number of hydrogen-bond donors (Lipinski definition) is 0. The number of rotatable bonds is 6. The average molecular weight is 337 g/mol. The van der Waals surface area contributed by atoms with Crippen LogP contribution in [0.1, 0.15) is 0 Å². The predicted octanol–water partition coefficient (Wildman–Crippen LogP) is 4.11. The van der Waals surface area contributed by atoms with Crippen LogP contribution in [-0.4, -0.2) is 27.1 Å². The summed E-state index contributed by atoms with van der Waals surface area (Å²) in [5.41, 5.74) is 2.33. The molecule has 0 fully saturated rings. The van der Waals surface area contributed by atoms with E-state index in [1.54, 1.807) is 14.2 Å². The van der Waals surface area contributed by atoms with Crippen LogP contribution in [0.25, 0.3) is 11.1 Å². The molecule has 3 nitrogen and oxygen atoms in total. The topological polar surface area (TPSA) is 27.7 Å². The van der Waals surface area contributed by atoms with Gasteiger partial charge in [-0.25, -0.2) is 0 Å². The first kappa shape index (κ1) is 15.0. The van der Waals surface area contributed by atoms with Gasteiger partial charge in [0.05, 0.1) is 0 Å². The Labute approximate surface area is 127 Å². The third-order valence-corrected chi connectivity index (χ3v) is 3.47. The zero-order valence-corrected chi connectivity index (χ0v) is 13.1. The highest BCUT2D eigenvalue weighted by molar-refractivity contribution is 9.10. The molecule has 4 heteroatoms. The van der Waals surface area contributed by atoms with E-state index in [0.717, 1.165) is 15.8 Å². The zero-order chi connectivity index (χ0) is 14.4. The molecule has 2 aromatic carbocycles. The Morgan fingerprint density at radius 2 is 1.35 bits per heavy atom. The molecule has 0 amide bonds. The van der Waals surface area contributed by atoms with Crippen LogP contribution in [0.2, 0.25) is 0 Å². The van der Waals surface area contributed by atoms with E-state index < -0.39 is 0 Å². The highest BCUT2D eigenvalue weighted by Crippen LogP contribution is 2.24. The van der Waals surface area contributed by atoms with Crippen molar-refractivity contribution in [2.75, 3.05) is 20.8 Å². The van der Waals surface area contributed by atoms with Crippen LogP contribution in [0.15, 0.2) is 53.0 Å². The Morgan fingerprint density at radius 3 is 1.85 bits per heavy atom. The fourth-order valence-corrected chi connectivity index (χ4v) is 2.05. The third kappa shape index (κ3) is 4.07. The summed E-state index contributed by atoms with van der Waals surface area (Å²) in [6, 6.07) is 16.2. The molecule has 20 heavy (non-hydrogen) atoms. The van der Waals surface area contributed by atoms with E-state index in [2.05, 4.69) is 28.1 Å². The second-order valence-corrected chi connectivity index (χ2v) is 5.16. The van der Waals surface area contributed by atoms with Gasteiger partial charge < -0.3 is 14.2 Å². The van der Waals surface area contributed by atoms with Crippen LogP contribution in [0.5, 0.6) is 5.75 Å². The van der Waals surface area contributed by atoms with E-state index in [1.165, 1.54) is 5.56 Å². The zero-order valence-electron chi connectivity index (χ0n) is 11.5. The number of methoxy groups -OCH3 is 2. The second kappa shape index (κ2) is 7.43. The highest BCUT2D eigenvalue weighted by atomic mass is 79.9. The summed E-state index contributed by atoms with van der Waals surface area (Å²) in [6.45, 7) is 0.366. The number of halogens is 1. The van der Waals surface area contributed by atoms with Crippen molar-refractivity contribution in [3.8, 4) is 16.9 Å². The first-order chi connectivity index (χ1) is 9.72. The number of hydrogen-bond acceptors (Lipinski definition) is 3. The van der Waals surface area contributed by atoms with E-state index in [-0.39, 0.29) is 6.29 Å². The van der Waals surface area contributed by atoms with Gasteiger partial charge in [0.25, 0.3) is 0 Å². The van der Waals surface area contributed by atoms with Crippen LogP contribution >= 0.6 is 15.9 Å². The minimum absolute atomic E-state index is 0.346. The van der Waals surface area contributed by atoms with Gasteiger partial charge in [-0.2, -0.15) is 0 Å². The molecule has 2 aromatic rings. The summed E-state index contributed by atoms with van der Waals surface area (Å²) in [5.74, 6) is 0.796. The average Bonchev–Trinajstić information content (AvgIpc) is 2.50. The summed E-state index contributed by atoms with van der Waals surface area (Å²) in [6.07, 6.45) is -0.346. The molecule has 0 saturated carbocycles. The van der Waals surface area contributed by atoms with Gasteiger partial charge in [-0.1, -0.05) is 40.2 Å². The Hall–Kier alpha value is -1.36. The largest absolute Gasteiger partial charge is 0.488 e. The minimum Gasteiger partial charge on any atom is -0.488 e. The second-order valence-electron chi connectivity index (χ2n) is 4.24. The van der Waals surface area contributed by atoms with Crippen molar-refractivity contribution in [3.05, 3.63) is 53.0 Å². The SMILES string of the molecule is COC(COc1ccc(-c2ccc(Br)cc2)cc1)OC. The van der Waals surface area contributed by atoms with Gasteiger partial charge in [0.15, 0.2) is 6.29 Å². The van der Waals surface area contributed by atoms with E-state index in [1.807, 2.05) is 36.4 Å². The van der Waals surface area contributed by atoms with Gasteiger partial charge >= 0.3 is 0 Å². The Morgan fingerprint density at radius 1 is 0.850 bits per heavy atom. The van der Waals surface area contributed by atoms with E-state index in [0.29, 0.717) is 6.61 Å². The number of benzene rings is 2. The predicted molar refractivity (Wildman–Crippen MR) is 82.9 cm³/mol. The van der Waals surface area contributed by atoms with Gasteiger partial charge in [-0.15, -0.1) is 0 Å². The molecule has 0 N–H and O–H groups in total. The first-order valence-electron chi connectivity index (χ1n) is 6.27. The van der Waals surface area contributed by atoms with E-state index in [9.17, 15) is 0 Å². The third-order valence-electron chi connectivity index (χ3n) is 2.94. The lowest BCUT2D eigenvalue weighted by Gasteiger charge is -2.14. The van der Waals surface area contributed by atoms with E-state index >= 15 is 0 Å². The molecule has 0 unspecified atom stereocenters. The summed E-state index contributed by atoms with van der Waals surface area (Å²) in [5, 5.41) is 0. The fraction of sp³-hybridized carbons (Fsp3) is 0.250. The normalized spacial score (nSPS) is 10.8. The molecular formula is C16H17BrO3. The molecule has 0 aliphatic carbocycles. The maximum atomic E-state index is 5.60. The van der Waals surface area contributed by atoms with Crippen LogP contribution < -0.4 is 4.74 Å². The standard InChI is InChI=1S/C16H17BrO3/c1-18-16(19-2)11-20-15-9-5-13(6-10-15)12-3-7-14(17)8-4-12/h3-10,16H,11H2,1-2H3. The van der Waals surface area contributed by atoms with Crippen LogP contribution in [0.4, 0.5) is 0 Å². The van der Waals surface area contributed by atoms with Gasteiger partial charge in [0.1, 0.15) is 12.4 Å². The molecule has 0 radical (unpaired) electrons. The molecule has 2 rings (SSSR count). The monoisotopic (exact) mass is 336 g/mol. The van der Waals surface area contributed by atoms with Gasteiger partial charge in [-0.3, -0.25) is 0 Å². The molecule has 0 atom stereocenters. The Bertz CT molecular complexity index is 518. The van der Waals surface area contributed by atoms with Crippen molar-refractivity contribution < 1.29 is 14.2 Å². The quantitative estimate of drug-likeness (QED) is 0.743. The molecule has 0 spiro atoms. The number of ether oxygens (including phenoxy) is 3. The van der Waals surface area contributed by atoms with Gasteiger partial charge in [0, 0.05) is 18.7 Å². The molecule has 0 heterocycles. The maximum absolute atomic E-state index is 5.60. The minimum atomic E-state index is -0.346. The lowest BCUT2D eigenvalue weighted by atomic mass is 10.1. The first-order valence-corrected chi connectivity index (χ1v) is 7.06. The van der Waals surface area contributed by atoms with Crippen LogP contribution in [0, 0.1) is 0 Å². The lowest BCUT2D eigenvalue weighted by molar-refractivity contribution is -0.121. The molecule has 0 aliphatic rings. The van der Waals surface area contributed by atoms with Crippen molar-refractivity contribution in [2.45, 2.75) is 6.29 Å². The lowest BCUT2D eigenvalue weighted by Crippen LogP contribution is -2.21. The van der Waals surface area contributed by atoms with Crippen molar-refractivity contribution in [1.82, 2.24) is 0 Å². The molecule has 0 aliphatic heterocycles. The van der Waals surface area contributed by atoms with E-state index in [4.69, 9.17) is 14.2 Å². The Balaban J connectivity index is 2.01. The molecule has 0 bridgehead atoms. The van der Waals surface area contributed by atoms with Crippen LogP contribution in [-0.2, 0) is 9.47 Å². The van der Waals surface area contributed by atoms with Gasteiger partial charge in [-0.05, 0) is 35.4 Å². The van der Waals surface area contributed by atoms with Crippen LogP contribution in [0.3, 0.4) is 0 Å². The summed E-state index contributed by atoms with van der Waals surface area (Å²) < 4.78 is 16.8. The summed E-state index contributed by atoms with van der Waals surface area (Å²) >= 11 is 3.43. The van der Waals surface area contributed by atoms with Crippen molar-refractivity contribution in [3.63, 3.8) is 0 Å². The van der Waals surface area contributed by atoms with Crippen molar-refractivity contribution >= 4 is 15.9 Å². The summed E-state index contributed by atoms with van der Waals surface area (Å²) in [4.78, 5) is 0. The molecule has 0 aromatic heterocycles. The van der Waals surface area contributed by atoms with Crippen molar-refractivity contribution in [1.29, 1.82) is 0 Å². The fourth-order valence-electron chi connectivity index (χ4n) is 1.78. The highest BCUT2D eigenvalue weighted by Gasteiger charge is 2.06. The molecule has 106 valence electrons. The Kier molecular flexibility index (Phi) is 5.59. The smallest absolute Gasteiger partial charge is 0.191 e. The molecular weight excluding hydrogens is 320 g/mol.